The van der Waals surface area contributed by atoms with E-state index in [2.05, 4.69) is 0 Å². The Morgan fingerprint density at radius 1 is 0.200 bits per heavy atom. The van der Waals surface area contributed by atoms with E-state index in [1.165, 1.54) is 0 Å². The Balaban J connectivity index is 0. The second-order valence-corrected chi connectivity index (χ2v) is 0. The number of hydrogen-bond acceptors (Lipinski definition) is 0. The summed E-state index contributed by atoms with van der Waals surface area (Å²) < 4.78 is 0. The van der Waals surface area contributed by atoms with Gasteiger partial charge < -0.3 is 0 Å². The molecule has 0 aromatic rings. The van der Waals surface area contributed by atoms with E-state index in [1.54, 1.807) is 0 Å². The summed E-state index contributed by atoms with van der Waals surface area (Å²) in [5.74, 6) is 0. The van der Waals surface area contributed by atoms with E-state index in [-0.39, 0.29) is 196 Å². The Morgan fingerprint density at radius 3 is 0.200 bits per heavy atom. The van der Waals surface area contributed by atoms with E-state index >= 15 is 0 Å². The van der Waals surface area contributed by atoms with E-state index in [0.29, 0.717) is 0 Å². The average Bonchev–Trinajstić information content (AvgIpc) is 0. The molecule has 10 heteroatoms. The van der Waals surface area contributed by atoms with Crippen LogP contribution in [0.1, 0.15) is 0 Å². The second-order valence-electron chi connectivity index (χ2n) is 0. The third kappa shape index (κ3) is 64.0. The molecule has 0 saturated heterocycles. The largest absolute Gasteiger partial charge is 0 e. The van der Waals surface area contributed by atoms with Crippen molar-refractivity contribution in [2.45, 2.75) is 0 Å². The van der Waals surface area contributed by atoms with Gasteiger partial charge >= 0.3 is 0 Å². The summed E-state index contributed by atoms with van der Waals surface area (Å²) in [7, 11) is 0. The zero-order valence-electron chi connectivity index (χ0n) is 4.76. The molecule has 0 rings (SSSR count). The van der Waals surface area contributed by atoms with Crippen molar-refractivity contribution in [1.82, 2.24) is 0 Å². The first-order valence-corrected chi connectivity index (χ1v) is 0. The predicted octanol–water partition coefficient (Wildman–Crippen LogP) is -1.54. The topological polar surface area (TPSA) is 0 Å². The molecule has 0 aliphatic carbocycles. The van der Waals surface area contributed by atoms with Crippen LogP contribution < -0.4 is 0 Å². The van der Waals surface area contributed by atoms with Gasteiger partial charge in [-0.05, 0) is 0 Å². The van der Waals surface area contributed by atoms with Crippen LogP contribution in [0.5, 0.6) is 0 Å². The smallest absolute Gasteiger partial charge is 0 e. The second kappa shape index (κ2) is 79.2. The van der Waals surface area contributed by atoms with Crippen LogP contribution in [0.3, 0.4) is 0 Å². The van der Waals surface area contributed by atoms with Crippen LogP contribution in [0.25, 0.3) is 0 Å². The molecule has 0 N–H and O–H groups in total. The molecule has 0 heterocycles. The van der Waals surface area contributed by atoms with Crippen molar-refractivity contribution in [2.24, 2.45) is 0 Å². The number of rotatable bonds is 0. The summed E-state index contributed by atoms with van der Waals surface area (Å²) in [6, 6.07) is 0. The molecule has 0 aromatic carbocycles. The molecule has 12 radical (unpaired) electrons. The summed E-state index contributed by atoms with van der Waals surface area (Å²) in [6.45, 7) is 0. The van der Waals surface area contributed by atoms with Gasteiger partial charge in [0.15, 0.2) is 0 Å². The minimum Gasteiger partial charge on any atom is 0 e. The fourth-order valence-corrected chi connectivity index (χ4v) is 0. The van der Waals surface area contributed by atoms with Crippen LogP contribution in [0.2, 0.25) is 0 Å². The summed E-state index contributed by atoms with van der Waals surface area (Å²) in [4.78, 5) is 0. The molecule has 0 bridgehead atoms. The van der Waals surface area contributed by atoms with Gasteiger partial charge in [0.25, 0.3) is 0 Å². The normalized spacial score (nSPS) is 0. The Morgan fingerprint density at radius 2 is 0.200 bits per heavy atom. The molecule has 0 unspecified atom stereocenters. The van der Waals surface area contributed by atoms with E-state index in [1.807, 2.05) is 0 Å². The van der Waals surface area contributed by atoms with Crippen LogP contribution in [0.15, 0.2) is 0 Å². The average molecular weight is 684 g/mol. The van der Waals surface area contributed by atoms with Crippen molar-refractivity contribution in [2.75, 3.05) is 0 Å². The van der Waals surface area contributed by atoms with Gasteiger partial charge in [-0.25, -0.2) is 0 Å². The van der Waals surface area contributed by atoms with Gasteiger partial charge in [-0.2, -0.15) is 0 Å². The molecular formula is Al4Mo6. The van der Waals surface area contributed by atoms with E-state index in [9.17, 15) is 0 Å². The first-order chi connectivity index (χ1) is 0. The first-order valence-electron chi connectivity index (χ1n) is 0. The fraction of sp³-hybridized carbons (Fsp3) is 0. The Labute approximate surface area is 191 Å². The molecular weight excluding hydrogens is 684 g/mol. The first kappa shape index (κ1) is 96.6. The molecule has 10 heavy (non-hydrogen) atoms. The zero-order valence-corrected chi connectivity index (χ0v) is 21.4. The predicted molar refractivity (Wildman–Crippen MR) is 23.0 cm³/mol. The molecule has 0 amide bonds. The summed E-state index contributed by atoms with van der Waals surface area (Å²) in [5.41, 5.74) is 0. The standard InChI is InChI=1S/4Al.6Mo. The third-order valence-corrected chi connectivity index (χ3v) is 0. The SMILES string of the molecule is [Al].[Al].[Al].[Al].[Mo].[Mo].[Mo].[Mo].[Mo].[Mo]. The van der Waals surface area contributed by atoms with Gasteiger partial charge in [0, 0.05) is 196 Å². The van der Waals surface area contributed by atoms with Crippen molar-refractivity contribution < 1.29 is 126 Å². The molecule has 0 fully saturated rings. The van der Waals surface area contributed by atoms with Gasteiger partial charge in [-0.3, -0.25) is 0 Å². The fourth-order valence-electron chi connectivity index (χ4n) is 0. The van der Waals surface area contributed by atoms with Crippen molar-refractivity contribution in [3.05, 3.63) is 0 Å². The van der Waals surface area contributed by atoms with Gasteiger partial charge in [-0.1, -0.05) is 0 Å². The summed E-state index contributed by atoms with van der Waals surface area (Å²) in [5, 5.41) is 0. The van der Waals surface area contributed by atoms with Crippen molar-refractivity contribution in [1.29, 1.82) is 0 Å². The van der Waals surface area contributed by atoms with Crippen molar-refractivity contribution in [3.8, 4) is 0 Å². The summed E-state index contributed by atoms with van der Waals surface area (Å²) in [6.07, 6.45) is 0. The Kier molecular flexibility index (Phi) is 765. The van der Waals surface area contributed by atoms with Crippen molar-refractivity contribution >= 4 is 69.4 Å². The Hall–Kier alpha value is 6.26. The van der Waals surface area contributed by atoms with Crippen LogP contribution in [0.4, 0.5) is 0 Å². The van der Waals surface area contributed by atoms with Gasteiger partial charge in [0.05, 0.1) is 0 Å². The third-order valence-electron chi connectivity index (χ3n) is 0. The van der Waals surface area contributed by atoms with Gasteiger partial charge in [-0.15, -0.1) is 0 Å². The Bertz CT molecular complexity index is 9.71. The van der Waals surface area contributed by atoms with E-state index in [0.717, 1.165) is 0 Å². The maximum absolute atomic E-state index is 0. The van der Waals surface area contributed by atoms with Crippen LogP contribution in [-0.4, -0.2) is 69.4 Å². The molecule has 0 saturated carbocycles. The van der Waals surface area contributed by atoms with E-state index in [4.69, 9.17) is 0 Å². The monoisotopic (exact) mass is 695 g/mol. The van der Waals surface area contributed by atoms with Crippen LogP contribution >= 0.6 is 0 Å². The minimum absolute atomic E-state index is 0. The minimum atomic E-state index is 0. The van der Waals surface area contributed by atoms with Crippen LogP contribution in [-0.2, 0) is 126 Å². The quantitative estimate of drug-likeness (QED) is 0.272. The molecule has 0 aromatic heterocycles. The van der Waals surface area contributed by atoms with Crippen molar-refractivity contribution in [3.63, 3.8) is 0 Å². The van der Waals surface area contributed by atoms with E-state index < -0.39 is 0 Å². The maximum atomic E-state index is 0. The number of hydrogen-bond donors (Lipinski definition) is 0. The molecule has 0 atom stereocenters. The van der Waals surface area contributed by atoms with Gasteiger partial charge in [0.1, 0.15) is 0 Å². The van der Waals surface area contributed by atoms with Crippen LogP contribution in [0, 0.1) is 0 Å². The molecule has 0 aliphatic rings. The molecule has 0 aliphatic heterocycles. The molecule has 48 valence electrons. The summed E-state index contributed by atoms with van der Waals surface area (Å²) >= 11 is 0. The zero-order chi connectivity index (χ0) is 0. The molecule has 0 nitrogen and oxygen atoms in total. The maximum Gasteiger partial charge on any atom is 0 e. The molecule has 0 spiro atoms. The van der Waals surface area contributed by atoms with Gasteiger partial charge in [0.2, 0.25) is 0 Å².